The van der Waals surface area contributed by atoms with Crippen molar-refractivity contribution in [2.45, 2.75) is 13.0 Å². The molecule has 23 heavy (non-hydrogen) atoms. The predicted molar refractivity (Wildman–Crippen MR) is 89.7 cm³/mol. The van der Waals surface area contributed by atoms with E-state index in [0.717, 1.165) is 41.8 Å². The van der Waals surface area contributed by atoms with Crippen LogP contribution in [0.1, 0.15) is 11.1 Å². The molecule has 0 bridgehead atoms. The molecular weight excluding hydrogens is 314 g/mol. The molecule has 1 N–H and O–H groups in total. The normalized spacial score (nSPS) is 16.4. The Morgan fingerprint density at radius 1 is 1.09 bits per heavy atom. The summed E-state index contributed by atoms with van der Waals surface area (Å²) in [4.78, 5) is 1.38. The summed E-state index contributed by atoms with van der Waals surface area (Å²) in [7, 11) is 3.31. The zero-order valence-corrected chi connectivity index (χ0v) is 14.2. The van der Waals surface area contributed by atoms with E-state index in [2.05, 4.69) is 6.07 Å². The topological polar surface area (TPSA) is 32.1 Å². The van der Waals surface area contributed by atoms with Crippen LogP contribution in [-0.4, -0.2) is 27.5 Å². The van der Waals surface area contributed by atoms with Gasteiger partial charge in [0.15, 0.2) is 11.5 Å². The lowest BCUT2D eigenvalue weighted by Crippen LogP contribution is -3.12. The van der Waals surface area contributed by atoms with E-state index in [4.69, 9.17) is 25.8 Å². The molecule has 1 heterocycles. The molecule has 1 atom stereocenters. The maximum atomic E-state index is 6.07. The summed E-state index contributed by atoms with van der Waals surface area (Å²) in [6, 6.07) is 11.9. The number of rotatable bonds is 5. The Kier molecular flexibility index (Phi) is 4.94. The van der Waals surface area contributed by atoms with Crippen molar-refractivity contribution in [3.05, 3.63) is 52.5 Å². The van der Waals surface area contributed by atoms with Gasteiger partial charge in [-0.3, -0.25) is 4.90 Å². The van der Waals surface area contributed by atoms with E-state index in [-0.39, 0.29) is 0 Å². The molecule has 0 radical (unpaired) electrons. The van der Waals surface area contributed by atoms with Crippen LogP contribution < -0.4 is 19.1 Å². The van der Waals surface area contributed by atoms with E-state index in [1.54, 1.807) is 14.2 Å². The van der Waals surface area contributed by atoms with Gasteiger partial charge >= 0.3 is 0 Å². The van der Waals surface area contributed by atoms with Crippen LogP contribution in [0.3, 0.4) is 0 Å². The minimum atomic E-state index is 0.682. The molecule has 0 spiro atoms. The molecule has 122 valence electrons. The molecule has 0 aromatic heterocycles. The molecule has 5 heteroatoms. The van der Waals surface area contributed by atoms with Crippen molar-refractivity contribution in [2.75, 3.05) is 27.5 Å². The van der Waals surface area contributed by atoms with Gasteiger partial charge in [-0.05, 0) is 35.9 Å². The largest absolute Gasteiger partial charge is 0.493 e. The van der Waals surface area contributed by atoms with E-state index in [1.165, 1.54) is 16.0 Å². The van der Waals surface area contributed by atoms with Crippen LogP contribution in [0.2, 0.25) is 5.02 Å². The highest BCUT2D eigenvalue weighted by atomic mass is 35.5. The SMILES string of the molecule is COc1ccc(CC[NH+]2COc3ccc(Cl)cc3C2)cc1OC. The maximum absolute atomic E-state index is 6.07. The van der Waals surface area contributed by atoms with Crippen molar-refractivity contribution in [3.63, 3.8) is 0 Å². The van der Waals surface area contributed by atoms with Crippen LogP contribution in [0.25, 0.3) is 0 Å². The van der Waals surface area contributed by atoms with E-state index in [9.17, 15) is 0 Å². The summed E-state index contributed by atoms with van der Waals surface area (Å²) >= 11 is 6.07. The van der Waals surface area contributed by atoms with Crippen molar-refractivity contribution in [3.8, 4) is 17.2 Å². The van der Waals surface area contributed by atoms with Crippen molar-refractivity contribution in [1.82, 2.24) is 0 Å². The Bertz CT molecular complexity index is 690. The summed E-state index contributed by atoms with van der Waals surface area (Å²) in [5, 5.41) is 0.758. The van der Waals surface area contributed by atoms with Gasteiger partial charge in [0.25, 0.3) is 0 Å². The van der Waals surface area contributed by atoms with Gasteiger partial charge in [-0.2, -0.15) is 0 Å². The Balaban J connectivity index is 1.63. The van der Waals surface area contributed by atoms with Gasteiger partial charge < -0.3 is 14.2 Å². The smallest absolute Gasteiger partial charge is 0.222 e. The third kappa shape index (κ3) is 3.71. The Morgan fingerprint density at radius 3 is 2.70 bits per heavy atom. The van der Waals surface area contributed by atoms with Crippen LogP contribution in [0.15, 0.2) is 36.4 Å². The molecule has 1 aliphatic heterocycles. The highest BCUT2D eigenvalue weighted by molar-refractivity contribution is 6.30. The van der Waals surface area contributed by atoms with Crippen LogP contribution in [-0.2, 0) is 13.0 Å². The first kappa shape index (κ1) is 16.0. The molecule has 1 aliphatic rings. The second-order valence-electron chi connectivity index (χ2n) is 5.66. The van der Waals surface area contributed by atoms with Gasteiger partial charge in [-0.15, -0.1) is 0 Å². The van der Waals surface area contributed by atoms with Gasteiger partial charge in [0, 0.05) is 11.4 Å². The minimum absolute atomic E-state index is 0.682. The quantitative estimate of drug-likeness (QED) is 0.911. The number of hydrogen-bond donors (Lipinski definition) is 1. The fraction of sp³-hybridized carbons (Fsp3) is 0.333. The zero-order chi connectivity index (χ0) is 16.2. The molecule has 0 amide bonds. The highest BCUT2D eigenvalue weighted by Gasteiger charge is 2.20. The van der Waals surface area contributed by atoms with Gasteiger partial charge in [0.05, 0.1) is 26.3 Å². The molecule has 0 saturated carbocycles. The predicted octanol–water partition coefficient (Wildman–Crippen LogP) is 2.33. The summed E-state index contributed by atoms with van der Waals surface area (Å²) in [6.45, 7) is 2.60. The number of halogens is 1. The third-order valence-electron chi connectivity index (χ3n) is 4.11. The van der Waals surface area contributed by atoms with Crippen molar-refractivity contribution < 1.29 is 19.1 Å². The molecule has 2 aromatic carbocycles. The van der Waals surface area contributed by atoms with Crippen LogP contribution in [0.5, 0.6) is 17.2 Å². The fourth-order valence-corrected chi connectivity index (χ4v) is 3.04. The van der Waals surface area contributed by atoms with Crippen molar-refractivity contribution in [1.29, 1.82) is 0 Å². The van der Waals surface area contributed by atoms with Crippen LogP contribution >= 0.6 is 11.6 Å². The first-order chi connectivity index (χ1) is 11.2. The van der Waals surface area contributed by atoms with E-state index < -0.39 is 0 Å². The minimum Gasteiger partial charge on any atom is -0.493 e. The second kappa shape index (κ2) is 7.11. The number of ether oxygens (including phenoxy) is 3. The Hall–Kier alpha value is -1.91. The molecule has 0 fully saturated rings. The summed E-state index contributed by atoms with van der Waals surface area (Å²) < 4.78 is 16.5. The van der Waals surface area contributed by atoms with Gasteiger partial charge in [0.1, 0.15) is 12.3 Å². The molecule has 1 unspecified atom stereocenters. The molecule has 0 aliphatic carbocycles. The first-order valence-corrected chi connectivity index (χ1v) is 8.03. The highest BCUT2D eigenvalue weighted by Crippen LogP contribution is 2.27. The molecule has 2 aromatic rings. The van der Waals surface area contributed by atoms with Gasteiger partial charge in [-0.25, -0.2) is 0 Å². The standard InChI is InChI=1S/C18H20ClNO3/c1-21-17-5-3-13(9-18(17)22-2)7-8-20-11-14-10-15(19)4-6-16(14)23-12-20/h3-6,9-10H,7-8,11-12H2,1-2H3/p+1. The average molecular weight is 335 g/mol. The number of quaternary nitrogens is 1. The average Bonchev–Trinajstić information content (AvgIpc) is 2.59. The lowest BCUT2D eigenvalue weighted by Gasteiger charge is -2.26. The van der Waals surface area contributed by atoms with Crippen LogP contribution in [0, 0.1) is 0 Å². The lowest BCUT2D eigenvalue weighted by molar-refractivity contribution is -0.932. The van der Waals surface area contributed by atoms with Gasteiger partial charge in [0.2, 0.25) is 6.73 Å². The van der Waals surface area contributed by atoms with E-state index in [0.29, 0.717) is 6.73 Å². The fourth-order valence-electron chi connectivity index (χ4n) is 2.84. The number of methoxy groups -OCH3 is 2. The second-order valence-corrected chi connectivity index (χ2v) is 6.09. The molecular formula is C18H21ClNO3+. The zero-order valence-electron chi connectivity index (χ0n) is 13.4. The van der Waals surface area contributed by atoms with Crippen LogP contribution in [0.4, 0.5) is 0 Å². The Labute approximate surface area is 141 Å². The van der Waals surface area contributed by atoms with Crippen molar-refractivity contribution in [2.24, 2.45) is 0 Å². The maximum Gasteiger partial charge on any atom is 0.222 e. The van der Waals surface area contributed by atoms with Gasteiger partial charge in [-0.1, -0.05) is 17.7 Å². The number of fused-ring (bicyclic) bond motifs is 1. The first-order valence-electron chi connectivity index (χ1n) is 7.65. The number of nitrogens with one attached hydrogen (secondary N) is 1. The number of benzene rings is 2. The molecule has 4 nitrogen and oxygen atoms in total. The third-order valence-corrected chi connectivity index (χ3v) is 4.35. The lowest BCUT2D eigenvalue weighted by atomic mass is 10.1. The van der Waals surface area contributed by atoms with E-state index >= 15 is 0 Å². The summed E-state index contributed by atoms with van der Waals surface area (Å²) in [6.07, 6.45) is 0.953. The monoisotopic (exact) mass is 334 g/mol. The number of hydrogen-bond acceptors (Lipinski definition) is 3. The Morgan fingerprint density at radius 2 is 1.91 bits per heavy atom. The molecule has 3 rings (SSSR count). The summed E-state index contributed by atoms with van der Waals surface area (Å²) in [5.41, 5.74) is 2.40. The van der Waals surface area contributed by atoms with Crippen molar-refractivity contribution >= 4 is 11.6 Å². The van der Waals surface area contributed by atoms with E-state index in [1.807, 2.05) is 30.3 Å². The summed E-state index contributed by atoms with van der Waals surface area (Å²) in [5.74, 6) is 2.48. The molecule has 0 saturated heterocycles.